The van der Waals surface area contributed by atoms with E-state index in [9.17, 15) is 15.0 Å². The van der Waals surface area contributed by atoms with Crippen LogP contribution >= 0.6 is 0 Å². The first kappa shape index (κ1) is 18.7. The number of likely N-dealkylation sites (N-methyl/N-ethyl adjacent to an activating group) is 1. The molecule has 1 aliphatic rings. The number of hydrogen-bond acceptors (Lipinski definition) is 4. The van der Waals surface area contributed by atoms with Crippen LogP contribution in [0.2, 0.25) is 0 Å². The van der Waals surface area contributed by atoms with Gasteiger partial charge < -0.3 is 19.7 Å². The molecule has 0 spiro atoms. The Morgan fingerprint density at radius 1 is 1.32 bits per heavy atom. The molecule has 28 heavy (non-hydrogen) atoms. The van der Waals surface area contributed by atoms with Crippen molar-refractivity contribution in [3.05, 3.63) is 65.1 Å². The molecule has 3 heterocycles. The first-order chi connectivity index (χ1) is 13.4. The highest BCUT2D eigenvalue weighted by molar-refractivity contribution is 5.86. The van der Waals surface area contributed by atoms with E-state index in [0.29, 0.717) is 5.56 Å². The number of carbonyl (C=O) groups is 1. The molecule has 0 amide bonds. The summed E-state index contributed by atoms with van der Waals surface area (Å²) in [6.45, 7) is 4.05. The number of aliphatic carboxylic acids is 1. The summed E-state index contributed by atoms with van der Waals surface area (Å²) in [5.41, 5.74) is 3.68. The lowest BCUT2D eigenvalue weighted by Crippen LogP contribution is -2.36. The van der Waals surface area contributed by atoms with Crippen LogP contribution in [0.3, 0.4) is 0 Å². The number of aryl methyl sites for hydroxylation is 1. The number of pyridine rings is 1. The van der Waals surface area contributed by atoms with Crippen LogP contribution in [0.5, 0.6) is 0 Å². The largest absolute Gasteiger partial charge is 0.481 e. The molecule has 1 aromatic carbocycles. The van der Waals surface area contributed by atoms with E-state index in [1.807, 2.05) is 0 Å². The smallest absolute Gasteiger partial charge is 0.306 e. The lowest BCUT2D eigenvalue weighted by Gasteiger charge is -2.30. The van der Waals surface area contributed by atoms with Crippen molar-refractivity contribution in [2.24, 2.45) is 0 Å². The van der Waals surface area contributed by atoms with Gasteiger partial charge in [-0.05, 0) is 37.7 Å². The van der Waals surface area contributed by atoms with Crippen LogP contribution in [-0.4, -0.2) is 44.2 Å². The molecule has 6 nitrogen and oxygen atoms in total. The normalized spacial score (nSPS) is 16.7. The van der Waals surface area contributed by atoms with Crippen molar-refractivity contribution in [3.8, 4) is 0 Å². The van der Waals surface area contributed by atoms with Crippen molar-refractivity contribution in [1.29, 1.82) is 0 Å². The number of hydrogen-bond donors (Lipinski definition) is 2. The van der Waals surface area contributed by atoms with Gasteiger partial charge in [-0.25, -0.2) is 0 Å². The highest BCUT2D eigenvalue weighted by Gasteiger charge is 2.35. The Kier molecular flexibility index (Phi) is 4.69. The molecule has 2 aromatic heterocycles. The zero-order chi connectivity index (χ0) is 19.9. The minimum absolute atomic E-state index is 0.184. The van der Waals surface area contributed by atoms with E-state index in [0.717, 1.165) is 25.0 Å². The van der Waals surface area contributed by atoms with Crippen molar-refractivity contribution in [2.45, 2.75) is 38.5 Å². The van der Waals surface area contributed by atoms with Gasteiger partial charge in [-0.3, -0.25) is 9.78 Å². The minimum atomic E-state index is -1.53. The van der Waals surface area contributed by atoms with E-state index in [-0.39, 0.29) is 13.0 Å². The number of carboxylic acids is 1. The van der Waals surface area contributed by atoms with Crippen LogP contribution in [0.15, 0.2) is 42.7 Å². The highest BCUT2D eigenvalue weighted by Crippen LogP contribution is 2.35. The minimum Gasteiger partial charge on any atom is -0.481 e. The molecule has 0 bridgehead atoms. The molecule has 0 radical (unpaired) electrons. The van der Waals surface area contributed by atoms with Crippen LogP contribution in [0.25, 0.3) is 10.9 Å². The molecule has 0 saturated carbocycles. The summed E-state index contributed by atoms with van der Waals surface area (Å²) in [4.78, 5) is 17.9. The Labute approximate surface area is 164 Å². The van der Waals surface area contributed by atoms with Crippen LogP contribution < -0.4 is 0 Å². The van der Waals surface area contributed by atoms with Crippen LogP contribution in [0.4, 0.5) is 0 Å². The van der Waals surface area contributed by atoms with Crippen molar-refractivity contribution in [3.63, 3.8) is 0 Å². The zero-order valence-corrected chi connectivity index (χ0v) is 16.2. The van der Waals surface area contributed by atoms with E-state index in [4.69, 9.17) is 0 Å². The molecule has 1 atom stereocenters. The SMILES string of the molecule is Cc1ccc2c(c1)c1c(n2CC(O)(CC(=O)O)c2cccnc2)CCN(C)C1. The molecular weight excluding hydrogens is 354 g/mol. The topological polar surface area (TPSA) is 78.6 Å². The summed E-state index contributed by atoms with van der Waals surface area (Å²) in [5.74, 6) is -1.03. The lowest BCUT2D eigenvalue weighted by molar-refractivity contribution is -0.143. The van der Waals surface area contributed by atoms with Crippen molar-refractivity contribution >= 4 is 16.9 Å². The number of carboxylic acid groups (broad SMARTS) is 1. The number of aromatic nitrogens is 2. The summed E-state index contributed by atoms with van der Waals surface area (Å²) >= 11 is 0. The summed E-state index contributed by atoms with van der Waals surface area (Å²) in [6.07, 6.45) is 3.67. The Hall–Kier alpha value is -2.70. The molecular formula is C22H25N3O3. The molecule has 6 heteroatoms. The highest BCUT2D eigenvalue weighted by atomic mass is 16.4. The fourth-order valence-electron chi connectivity index (χ4n) is 4.28. The maximum Gasteiger partial charge on any atom is 0.306 e. The quantitative estimate of drug-likeness (QED) is 0.713. The van der Waals surface area contributed by atoms with Crippen molar-refractivity contribution in [1.82, 2.24) is 14.5 Å². The van der Waals surface area contributed by atoms with Crippen LogP contribution in [-0.2, 0) is 29.9 Å². The van der Waals surface area contributed by atoms with Gasteiger partial charge in [0.05, 0.1) is 13.0 Å². The van der Waals surface area contributed by atoms with Gasteiger partial charge in [0.15, 0.2) is 0 Å². The van der Waals surface area contributed by atoms with Crippen LogP contribution in [0.1, 0.15) is 28.8 Å². The third-order valence-corrected chi connectivity index (χ3v) is 5.66. The summed E-state index contributed by atoms with van der Waals surface area (Å²) in [5, 5.41) is 22.1. The average molecular weight is 379 g/mol. The first-order valence-electron chi connectivity index (χ1n) is 9.51. The van der Waals surface area contributed by atoms with Crippen molar-refractivity contribution < 1.29 is 15.0 Å². The Morgan fingerprint density at radius 2 is 2.14 bits per heavy atom. The predicted octanol–water partition coefficient (Wildman–Crippen LogP) is 2.70. The molecule has 1 aliphatic heterocycles. The number of rotatable bonds is 5. The average Bonchev–Trinajstić information content (AvgIpc) is 2.94. The fourth-order valence-corrected chi connectivity index (χ4v) is 4.28. The molecule has 0 saturated heterocycles. The van der Waals surface area contributed by atoms with Gasteiger partial charge in [0.1, 0.15) is 5.60 Å². The fraction of sp³-hybridized carbons (Fsp3) is 0.364. The van der Waals surface area contributed by atoms with Gasteiger partial charge in [-0.2, -0.15) is 0 Å². The second-order valence-corrected chi connectivity index (χ2v) is 7.86. The maximum atomic E-state index is 11.6. The molecule has 2 N–H and O–H groups in total. The van der Waals surface area contributed by atoms with Gasteiger partial charge in [-0.1, -0.05) is 17.7 Å². The zero-order valence-electron chi connectivity index (χ0n) is 16.2. The second kappa shape index (κ2) is 7.04. The first-order valence-corrected chi connectivity index (χ1v) is 9.51. The monoisotopic (exact) mass is 379 g/mol. The molecule has 3 aromatic rings. The summed E-state index contributed by atoms with van der Waals surface area (Å²) in [7, 11) is 2.11. The van der Waals surface area contributed by atoms with E-state index in [1.165, 1.54) is 22.2 Å². The molecule has 0 aliphatic carbocycles. The maximum absolute atomic E-state index is 11.6. The van der Waals surface area contributed by atoms with Gasteiger partial charge in [0.2, 0.25) is 0 Å². The molecule has 1 unspecified atom stereocenters. The number of aliphatic hydroxyl groups is 1. The van der Waals surface area contributed by atoms with Crippen LogP contribution in [0, 0.1) is 6.92 Å². The predicted molar refractivity (Wildman–Crippen MR) is 107 cm³/mol. The third-order valence-electron chi connectivity index (χ3n) is 5.66. The van der Waals surface area contributed by atoms with E-state index in [1.54, 1.807) is 24.5 Å². The Balaban J connectivity index is 1.87. The number of fused-ring (bicyclic) bond motifs is 3. The Bertz CT molecular complexity index is 1030. The summed E-state index contributed by atoms with van der Waals surface area (Å²) < 4.78 is 2.12. The van der Waals surface area contributed by atoms with Gasteiger partial charge in [0.25, 0.3) is 0 Å². The lowest BCUT2D eigenvalue weighted by atomic mass is 9.91. The van der Waals surface area contributed by atoms with E-state index < -0.39 is 11.6 Å². The standard InChI is InChI=1S/C22H25N3O3/c1-15-5-6-19-17(10-15)18-13-24(2)9-7-20(18)25(19)14-22(28,11-21(26)27)16-4-3-8-23-12-16/h3-6,8,10,12,28H,7,9,11,13-14H2,1-2H3,(H,26,27). The van der Waals surface area contributed by atoms with E-state index >= 15 is 0 Å². The Morgan fingerprint density at radius 3 is 2.86 bits per heavy atom. The molecule has 146 valence electrons. The second-order valence-electron chi connectivity index (χ2n) is 7.86. The van der Waals surface area contributed by atoms with Gasteiger partial charge in [0, 0.05) is 54.1 Å². The van der Waals surface area contributed by atoms with E-state index in [2.05, 4.69) is 46.6 Å². The van der Waals surface area contributed by atoms with Gasteiger partial charge >= 0.3 is 5.97 Å². The summed E-state index contributed by atoms with van der Waals surface area (Å²) in [6, 6.07) is 9.79. The third kappa shape index (κ3) is 3.30. The van der Waals surface area contributed by atoms with Crippen molar-refractivity contribution in [2.75, 3.05) is 13.6 Å². The number of benzene rings is 1. The molecule has 4 rings (SSSR count). The number of nitrogens with zero attached hydrogens (tertiary/aromatic N) is 3. The van der Waals surface area contributed by atoms with Gasteiger partial charge in [-0.15, -0.1) is 0 Å². The molecule has 0 fully saturated rings.